The average Bonchev–Trinajstić information content (AvgIpc) is 2.18. The fraction of sp³-hybridized carbons (Fsp3) is 0.750. The smallest absolute Gasteiger partial charge is 0.0540 e. The van der Waals surface area contributed by atoms with E-state index in [0.717, 1.165) is 13.0 Å². The molecule has 0 aromatic rings. The molecule has 0 spiro atoms. The Labute approximate surface area is 88.7 Å². The van der Waals surface area contributed by atoms with Gasteiger partial charge in [-0.15, -0.1) is 0 Å². The van der Waals surface area contributed by atoms with Crippen molar-refractivity contribution in [3.05, 3.63) is 11.6 Å². The van der Waals surface area contributed by atoms with Crippen LogP contribution in [0.1, 0.15) is 40.0 Å². The third-order valence-corrected chi connectivity index (χ3v) is 2.62. The van der Waals surface area contributed by atoms with E-state index < -0.39 is 0 Å². The lowest BCUT2D eigenvalue weighted by atomic mass is 9.94. The Morgan fingerprint density at radius 3 is 2.57 bits per heavy atom. The predicted molar refractivity (Wildman–Crippen MR) is 64.6 cm³/mol. The van der Waals surface area contributed by atoms with Gasteiger partial charge in [0.05, 0.1) is 6.54 Å². The largest absolute Gasteiger partial charge is 0.297 e. The summed E-state index contributed by atoms with van der Waals surface area (Å²) in [7, 11) is 1.95. The lowest BCUT2D eigenvalue weighted by Gasteiger charge is -2.15. The summed E-state index contributed by atoms with van der Waals surface area (Å²) in [4.78, 5) is 0. The predicted octanol–water partition coefficient (Wildman–Crippen LogP) is 3.31. The Morgan fingerprint density at radius 1 is 1.50 bits per heavy atom. The van der Waals surface area contributed by atoms with Gasteiger partial charge in [-0.2, -0.15) is 5.10 Å². The summed E-state index contributed by atoms with van der Waals surface area (Å²) in [6, 6.07) is 0. The molecule has 0 bridgehead atoms. The Bertz CT molecular complexity index is 185. The summed E-state index contributed by atoms with van der Waals surface area (Å²) >= 11 is 0. The summed E-state index contributed by atoms with van der Waals surface area (Å²) in [5, 5.41) is 5.69. The van der Waals surface area contributed by atoms with Gasteiger partial charge in [0.1, 0.15) is 0 Å². The first-order valence-electron chi connectivity index (χ1n) is 5.52. The average molecular weight is 196 g/mol. The molecular weight excluding hydrogens is 172 g/mol. The van der Waals surface area contributed by atoms with Gasteiger partial charge in [0.25, 0.3) is 0 Å². The van der Waals surface area contributed by atoms with Crippen LogP contribution in [-0.4, -0.2) is 25.3 Å². The first kappa shape index (κ1) is 13.2. The summed E-state index contributed by atoms with van der Waals surface area (Å²) < 4.78 is 0. The molecule has 0 saturated heterocycles. The van der Waals surface area contributed by atoms with Gasteiger partial charge >= 0.3 is 0 Å². The Kier molecular flexibility index (Phi) is 7.17. The van der Waals surface area contributed by atoms with E-state index in [1.165, 1.54) is 12.8 Å². The molecule has 0 aromatic heterocycles. The quantitative estimate of drug-likeness (QED) is 0.346. The fourth-order valence-corrected chi connectivity index (χ4v) is 1.62. The standard InChI is InChI=1S/C12H24N2/c1-6-8-11(3)12(7-2)9-10-14(5)13-4/h9,11H,4,6-8,10H2,1-3,5H3. The summed E-state index contributed by atoms with van der Waals surface area (Å²) in [6.45, 7) is 11.1. The summed E-state index contributed by atoms with van der Waals surface area (Å²) in [5.41, 5.74) is 1.54. The van der Waals surface area contributed by atoms with Crippen LogP contribution in [0.4, 0.5) is 0 Å². The number of nitrogens with zero attached hydrogens (tertiary/aromatic N) is 2. The molecule has 0 aliphatic rings. The van der Waals surface area contributed by atoms with Crippen molar-refractivity contribution in [1.82, 2.24) is 5.01 Å². The van der Waals surface area contributed by atoms with E-state index in [-0.39, 0.29) is 0 Å². The molecule has 0 aliphatic carbocycles. The van der Waals surface area contributed by atoms with Crippen molar-refractivity contribution >= 4 is 6.72 Å². The van der Waals surface area contributed by atoms with Crippen LogP contribution in [0, 0.1) is 5.92 Å². The molecule has 0 heterocycles. The van der Waals surface area contributed by atoms with Gasteiger partial charge in [-0.25, -0.2) is 0 Å². The molecule has 1 unspecified atom stereocenters. The minimum absolute atomic E-state index is 0.711. The monoisotopic (exact) mass is 196 g/mol. The Morgan fingerprint density at radius 2 is 2.14 bits per heavy atom. The van der Waals surface area contributed by atoms with E-state index in [4.69, 9.17) is 0 Å². The molecule has 2 heteroatoms. The van der Waals surface area contributed by atoms with Gasteiger partial charge in [0, 0.05) is 13.8 Å². The number of hydrazone groups is 1. The zero-order chi connectivity index (χ0) is 11.0. The number of rotatable bonds is 7. The second-order valence-corrected chi connectivity index (χ2v) is 3.80. The zero-order valence-corrected chi connectivity index (χ0v) is 10.1. The highest BCUT2D eigenvalue weighted by Gasteiger charge is 2.05. The SMILES string of the molecule is C=NN(C)CC=C(CC)C(C)CCC. The van der Waals surface area contributed by atoms with Crippen LogP contribution in [0.25, 0.3) is 0 Å². The van der Waals surface area contributed by atoms with E-state index in [2.05, 4.69) is 38.7 Å². The third kappa shape index (κ3) is 5.05. The van der Waals surface area contributed by atoms with Gasteiger partial charge in [0.15, 0.2) is 0 Å². The molecule has 0 N–H and O–H groups in total. The summed E-state index contributed by atoms with van der Waals surface area (Å²) in [5.74, 6) is 0.711. The van der Waals surface area contributed by atoms with Crippen LogP contribution in [-0.2, 0) is 0 Å². The maximum atomic E-state index is 3.84. The normalized spacial score (nSPS) is 13.9. The van der Waals surface area contributed by atoms with E-state index in [0.29, 0.717) is 5.92 Å². The molecule has 14 heavy (non-hydrogen) atoms. The number of hydrogen-bond donors (Lipinski definition) is 0. The minimum atomic E-state index is 0.711. The second-order valence-electron chi connectivity index (χ2n) is 3.80. The van der Waals surface area contributed by atoms with E-state index in [1.54, 1.807) is 5.57 Å². The highest BCUT2D eigenvalue weighted by Crippen LogP contribution is 2.19. The van der Waals surface area contributed by atoms with Crippen LogP contribution in [0.2, 0.25) is 0 Å². The van der Waals surface area contributed by atoms with Crippen molar-refractivity contribution < 1.29 is 0 Å². The topological polar surface area (TPSA) is 15.6 Å². The molecule has 0 saturated carbocycles. The third-order valence-electron chi connectivity index (χ3n) is 2.62. The van der Waals surface area contributed by atoms with Gasteiger partial charge in [-0.05, 0) is 18.8 Å². The molecule has 2 nitrogen and oxygen atoms in total. The van der Waals surface area contributed by atoms with Gasteiger partial charge < -0.3 is 0 Å². The molecule has 0 aromatic carbocycles. The van der Waals surface area contributed by atoms with Crippen LogP contribution >= 0.6 is 0 Å². The number of allylic oxidation sites excluding steroid dienone is 1. The van der Waals surface area contributed by atoms with Crippen LogP contribution in [0.15, 0.2) is 16.8 Å². The Hall–Kier alpha value is -0.790. The molecule has 82 valence electrons. The highest BCUT2D eigenvalue weighted by molar-refractivity contribution is 5.22. The molecule has 1 atom stereocenters. The molecule has 0 rings (SSSR count). The fourth-order valence-electron chi connectivity index (χ4n) is 1.62. The van der Waals surface area contributed by atoms with Crippen molar-refractivity contribution in [2.24, 2.45) is 11.0 Å². The molecule has 0 fully saturated rings. The lowest BCUT2D eigenvalue weighted by molar-refractivity contribution is 0.395. The van der Waals surface area contributed by atoms with Crippen molar-refractivity contribution in [2.45, 2.75) is 40.0 Å². The first-order valence-corrected chi connectivity index (χ1v) is 5.52. The maximum absolute atomic E-state index is 3.84. The van der Waals surface area contributed by atoms with Crippen molar-refractivity contribution in [3.8, 4) is 0 Å². The van der Waals surface area contributed by atoms with Crippen molar-refractivity contribution in [3.63, 3.8) is 0 Å². The number of hydrogen-bond acceptors (Lipinski definition) is 2. The van der Waals surface area contributed by atoms with Gasteiger partial charge in [-0.1, -0.05) is 38.8 Å². The van der Waals surface area contributed by atoms with Crippen LogP contribution < -0.4 is 0 Å². The first-order chi connectivity index (χ1) is 6.65. The summed E-state index contributed by atoms with van der Waals surface area (Å²) in [6.07, 6.45) is 5.97. The lowest BCUT2D eigenvalue weighted by Crippen LogP contribution is -2.11. The number of likely N-dealkylation sites (N-methyl/N-ethyl adjacent to an activating group) is 1. The molecule has 0 aliphatic heterocycles. The maximum Gasteiger partial charge on any atom is 0.0540 e. The van der Waals surface area contributed by atoms with E-state index in [9.17, 15) is 0 Å². The minimum Gasteiger partial charge on any atom is -0.297 e. The van der Waals surface area contributed by atoms with Gasteiger partial charge in [0.2, 0.25) is 0 Å². The second kappa shape index (κ2) is 7.60. The van der Waals surface area contributed by atoms with Crippen molar-refractivity contribution in [1.29, 1.82) is 0 Å². The zero-order valence-electron chi connectivity index (χ0n) is 10.1. The highest BCUT2D eigenvalue weighted by atomic mass is 15.4. The molecule has 0 amide bonds. The van der Waals surface area contributed by atoms with Crippen molar-refractivity contribution in [2.75, 3.05) is 13.6 Å². The van der Waals surface area contributed by atoms with Gasteiger partial charge in [-0.3, -0.25) is 5.01 Å². The van der Waals surface area contributed by atoms with Crippen LogP contribution in [0.5, 0.6) is 0 Å². The van der Waals surface area contributed by atoms with E-state index >= 15 is 0 Å². The van der Waals surface area contributed by atoms with E-state index in [1.807, 2.05) is 12.1 Å². The molecular formula is C12H24N2. The Balaban J connectivity index is 4.16. The van der Waals surface area contributed by atoms with Crippen LogP contribution in [0.3, 0.4) is 0 Å². The molecule has 0 radical (unpaired) electrons.